The van der Waals surface area contributed by atoms with Gasteiger partial charge in [0.1, 0.15) is 0 Å². The minimum atomic E-state index is 0.103. The molecule has 4 nitrogen and oxygen atoms in total. The maximum absolute atomic E-state index is 5.35. The molecule has 74 valence electrons. The van der Waals surface area contributed by atoms with Crippen LogP contribution in [0.15, 0.2) is 17.1 Å². The molecule has 1 aromatic carbocycles. The zero-order valence-corrected chi connectivity index (χ0v) is 8.17. The van der Waals surface area contributed by atoms with Crippen molar-refractivity contribution in [3.8, 4) is 0 Å². The van der Waals surface area contributed by atoms with Crippen molar-refractivity contribution in [3.05, 3.63) is 23.3 Å². The number of guanidine groups is 1. The lowest BCUT2D eigenvalue weighted by Crippen LogP contribution is -2.22. The largest absolute Gasteiger partial charge is 0.384 e. The summed E-state index contributed by atoms with van der Waals surface area (Å²) in [5.74, 6) is 0.103. The van der Waals surface area contributed by atoms with Gasteiger partial charge in [0.05, 0.1) is 5.69 Å². The predicted molar refractivity (Wildman–Crippen MR) is 58.8 cm³/mol. The van der Waals surface area contributed by atoms with Crippen LogP contribution in [0, 0.1) is 6.92 Å². The summed E-state index contributed by atoms with van der Waals surface area (Å²) in [6, 6.07) is 4.03. The molecule has 0 bridgehead atoms. The Labute approximate surface area is 83.0 Å². The molecule has 0 amide bonds. The van der Waals surface area contributed by atoms with E-state index in [1.807, 2.05) is 13.0 Å². The molecule has 0 spiro atoms. The van der Waals surface area contributed by atoms with Crippen LogP contribution < -0.4 is 16.8 Å². The number of nitrogens with one attached hydrogen (secondary N) is 1. The van der Waals surface area contributed by atoms with E-state index < -0.39 is 0 Å². The Morgan fingerprint density at radius 2 is 2.21 bits per heavy atom. The maximum atomic E-state index is 5.35. The van der Waals surface area contributed by atoms with Gasteiger partial charge in [-0.05, 0) is 30.5 Å². The highest BCUT2D eigenvalue weighted by molar-refractivity contribution is 5.81. The van der Waals surface area contributed by atoms with Crippen LogP contribution in [0.3, 0.4) is 0 Å². The van der Waals surface area contributed by atoms with Gasteiger partial charge >= 0.3 is 0 Å². The molecule has 0 aliphatic carbocycles. The molecule has 0 radical (unpaired) electrons. The van der Waals surface area contributed by atoms with E-state index in [1.165, 1.54) is 11.3 Å². The monoisotopic (exact) mass is 190 g/mol. The van der Waals surface area contributed by atoms with Crippen LogP contribution in [0.25, 0.3) is 0 Å². The van der Waals surface area contributed by atoms with E-state index in [0.717, 1.165) is 24.2 Å². The third-order valence-corrected chi connectivity index (χ3v) is 2.47. The van der Waals surface area contributed by atoms with Crippen LogP contribution >= 0.6 is 0 Å². The van der Waals surface area contributed by atoms with Crippen molar-refractivity contribution < 1.29 is 0 Å². The summed E-state index contributed by atoms with van der Waals surface area (Å²) < 4.78 is 0. The topological polar surface area (TPSA) is 76.4 Å². The maximum Gasteiger partial charge on any atom is 0.191 e. The Hall–Kier alpha value is -1.71. The molecule has 0 saturated carbocycles. The van der Waals surface area contributed by atoms with Crippen LogP contribution in [0.1, 0.15) is 11.1 Å². The summed E-state index contributed by atoms with van der Waals surface area (Å²) in [6.45, 7) is 3.03. The van der Waals surface area contributed by atoms with Gasteiger partial charge in [0, 0.05) is 12.2 Å². The molecule has 1 aliphatic heterocycles. The molecule has 14 heavy (non-hydrogen) atoms. The highest BCUT2D eigenvalue weighted by atomic mass is 15.0. The number of nitrogens with zero attached hydrogens (tertiary/aromatic N) is 1. The quantitative estimate of drug-likeness (QED) is 0.454. The van der Waals surface area contributed by atoms with Gasteiger partial charge in [-0.1, -0.05) is 6.07 Å². The van der Waals surface area contributed by atoms with Crippen molar-refractivity contribution in [1.29, 1.82) is 0 Å². The molecular formula is C10H14N4. The van der Waals surface area contributed by atoms with Gasteiger partial charge in [-0.15, -0.1) is 0 Å². The highest BCUT2D eigenvalue weighted by Gasteiger charge is 2.14. The third kappa shape index (κ3) is 1.39. The second-order valence-electron chi connectivity index (χ2n) is 3.46. The van der Waals surface area contributed by atoms with Gasteiger partial charge in [-0.25, -0.2) is 4.99 Å². The Balaban J connectivity index is 2.50. The van der Waals surface area contributed by atoms with Gasteiger partial charge < -0.3 is 16.8 Å². The molecule has 5 N–H and O–H groups in total. The van der Waals surface area contributed by atoms with E-state index in [2.05, 4.69) is 16.4 Å². The number of hydrogen-bond donors (Lipinski definition) is 3. The molecule has 0 fully saturated rings. The van der Waals surface area contributed by atoms with E-state index in [1.54, 1.807) is 0 Å². The number of rotatable bonds is 1. The first-order chi connectivity index (χ1) is 6.68. The SMILES string of the molecule is Cc1c(N=C(N)N)ccc2c1NCC2. The molecule has 0 unspecified atom stereocenters. The number of fused-ring (bicyclic) bond motifs is 1. The van der Waals surface area contributed by atoms with E-state index in [4.69, 9.17) is 11.5 Å². The molecule has 2 rings (SSSR count). The summed E-state index contributed by atoms with van der Waals surface area (Å²) >= 11 is 0. The summed E-state index contributed by atoms with van der Waals surface area (Å²) in [5, 5.41) is 3.33. The van der Waals surface area contributed by atoms with Crippen molar-refractivity contribution in [2.75, 3.05) is 11.9 Å². The summed E-state index contributed by atoms with van der Waals surface area (Å²) in [4.78, 5) is 4.07. The van der Waals surface area contributed by atoms with Crippen molar-refractivity contribution in [3.63, 3.8) is 0 Å². The molecular weight excluding hydrogens is 176 g/mol. The van der Waals surface area contributed by atoms with Gasteiger partial charge in [-0.2, -0.15) is 0 Å². The Bertz CT molecular complexity index is 391. The molecule has 1 aromatic rings. The first kappa shape index (κ1) is 8.87. The van der Waals surface area contributed by atoms with E-state index in [-0.39, 0.29) is 5.96 Å². The number of benzene rings is 1. The van der Waals surface area contributed by atoms with Gasteiger partial charge in [0.25, 0.3) is 0 Å². The molecule has 0 saturated heterocycles. The number of aliphatic imine (C=N–C) groups is 1. The second kappa shape index (κ2) is 3.21. The Kier molecular flexibility index (Phi) is 2.04. The van der Waals surface area contributed by atoms with Crippen LogP contribution in [0.4, 0.5) is 11.4 Å². The molecule has 1 heterocycles. The zero-order chi connectivity index (χ0) is 10.1. The predicted octanol–water partition coefficient (Wildman–Crippen LogP) is 0.868. The Morgan fingerprint density at radius 1 is 1.43 bits per heavy atom. The summed E-state index contributed by atoms with van der Waals surface area (Å²) in [6.07, 6.45) is 1.08. The summed E-state index contributed by atoms with van der Waals surface area (Å²) in [7, 11) is 0. The smallest absolute Gasteiger partial charge is 0.191 e. The average Bonchev–Trinajstić information content (AvgIpc) is 2.57. The zero-order valence-electron chi connectivity index (χ0n) is 8.17. The van der Waals surface area contributed by atoms with Crippen LogP contribution in [0.2, 0.25) is 0 Å². The molecule has 4 heteroatoms. The molecule has 1 aliphatic rings. The number of anilines is 1. The highest BCUT2D eigenvalue weighted by Crippen LogP contribution is 2.32. The van der Waals surface area contributed by atoms with Gasteiger partial charge in [-0.3, -0.25) is 0 Å². The number of hydrogen-bond acceptors (Lipinski definition) is 2. The minimum absolute atomic E-state index is 0.103. The average molecular weight is 190 g/mol. The minimum Gasteiger partial charge on any atom is -0.384 e. The fourth-order valence-corrected chi connectivity index (χ4v) is 1.79. The molecule has 0 aromatic heterocycles. The van der Waals surface area contributed by atoms with Crippen LogP contribution in [0.5, 0.6) is 0 Å². The summed E-state index contributed by atoms with van der Waals surface area (Å²) in [5.41, 5.74) is 15.2. The lowest BCUT2D eigenvalue weighted by atomic mass is 10.1. The van der Waals surface area contributed by atoms with Crippen molar-refractivity contribution >= 4 is 17.3 Å². The normalized spacial score (nSPS) is 13.2. The fraction of sp³-hybridized carbons (Fsp3) is 0.300. The van der Waals surface area contributed by atoms with E-state index in [9.17, 15) is 0 Å². The number of nitrogens with two attached hydrogens (primary N) is 2. The van der Waals surface area contributed by atoms with E-state index >= 15 is 0 Å². The lowest BCUT2D eigenvalue weighted by molar-refractivity contribution is 1.11. The third-order valence-electron chi connectivity index (χ3n) is 2.47. The van der Waals surface area contributed by atoms with Crippen molar-refractivity contribution in [2.45, 2.75) is 13.3 Å². The van der Waals surface area contributed by atoms with Crippen molar-refractivity contribution in [2.24, 2.45) is 16.5 Å². The van der Waals surface area contributed by atoms with Crippen molar-refractivity contribution in [1.82, 2.24) is 0 Å². The standard InChI is InChI=1S/C10H14N4/c1-6-8(14-10(11)12)3-2-7-4-5-13-9(6)7/h2-3,13H,4-5H2,1H3,(H4,11,12,14). The lowest BCUT2D eigenvalue weighted by Gasteiger charge is -2.07. The van der Waals surface area contributed by atoms with Crippen LogP contribution in [-0.4, -0.2) is 12.5 Å². The second-order valence-corrected chi connectivity index (χ2v) is 3.46. The molecule has 0 atom stereocenters. The first-order valence-electron chi connectivity index (χ1n) is 4.64. The first-order valence-corrected chi connectivity index (χ1v) is 4.64. The van der Waals surface area contributed by atoms with Gasteiger partial charge in [0.2, 0.25) is 0 Å². The van der Waals surface area contributed by atoms with Crippen LogP contribution in [-0.2, 0) is 6.42 Å². The Morgan fingerprint density at radius 3 is 2.93 bits per heavy atom. The van der Waals surface area contributed by atoms with E-state index in [0.29, 0.717) is 0 Å². The fourth-order valence-electron chi connectivity index (χ4n) is 1.79. The van der Waals surface area contributed by atoms with Gasteiger partial charge in [0.15, 0.2) is 5.96 Å².